The second-order valence-electron chi connectivity index (χ2n) is 7.58. The number of aromatic nitrogens is 4. The summed E-state index contributed by atoms with van der Waals surface area (Å²) < 4.78 is 5.02. The number of amides is 1. The number of hydrogen-bond donors (Lipinski definition) is 3. The van der Waals surface area contributed by atoms with Gasteiger partial charge in [0, 0.05) is 35.5 Å². The molecule has 27 heavy (non-hydrogen) atoms. The van der Waals surface area contributed by atoms with E-state index in [0.29, 0.717) is 11.6 Å². The molecule has 0 saturated heterocycles. The fourth-order valence-corrected chi connectivity index (χ4v) is 3.97. The van der Waals surface area contributed by atoms with Gasteiger partial charge in [-0.05, 0) is 45.1 Å². The monoisotopic (exact) mass is 372 g/mol. The molecule has 0 radical (unpaired) electrons. The van der Waals surface area contributed by atoms with E-state index in [9.17, 15) is 9.90 Å². The van der Waals surface area contributed by atoms with Crippen LogP contribution in [0.5, 0.6) is 6.01 Å². The Morgan fingerprint density at radius 1 is 1.41 bits per heavy atom. The minimum Gasteiger partial charge on any atom is -0.467 e. The molecule has 9 nitrogen and oxygen atoms in total. The lowest BCUT2D eigenvalue weighted by Crippen LogP contribution is -2.45. The third-order valence-corrected chi connectivity index (χ3v) is 5.64. The number of anilines is 2. The zero-order chi connectivity index (χ0) is 19.0. The Hall–Kier alpha value is -2.84. The maximum Gasteiger partial charge on any atom is 0.408 e. The number of hydrogen-bond acceptors (Lipinski definition) is 6. The van der Waals surface area contributed by atoms with Gasteiger partial charge in [-0.1, -0.05) is 0 Å². The summed E-state index contributed by atoms with van der Waals surface area (Å²) in [7, 11) is 1.52. The van der Waals surface area contributed by atoms with Crippen LogP contribution >= 0.6 is 0 Å². The fraction of sp³-hybridized carbons (Fsp3) is 0.556. The van der Waals surface area contributed by atoms with E-state index in [1.54, 1.807) is 17.2 Å². The van der Waals surface area contributed by atoms with Crippen molar-refractivity contribution in [2.75, 3.05) is 12.4 Å². The molecular weight excluding hydrogens is 348 g/mol. The van der Waals surface area contributed by atoms with Crippen LogP contribution in [0.3, 0.4) is 0 Å². The van der Waals surface area contributed by atoms with E-state index in [4.69, 9.17) is 4.74 Å². The molecule has 0 unspecified atom stereocenters. The van der Waals surface area contributed by atoms with E-state index in [2.05, 4.69) is 25.5 Å². The number of carbonyl (C=O) groups is 1. The van der Waals surface area contributed by atoms with Gasteiger partial charge in [-0.25, -0.2) is 9.78 Å². The molecule has 1 amide bonds. The quantitative estimate of drug-likeness (QED) is 0.713. The second kappa shape index (κ2) is 6.71. The zero-order valence-electron chi connectivity index (χ0n) is 15.5. The summed E-state index contributed by atoms with van der Waals surface area (Å²) in [4.78, 5) is 21.6. The van der Waals surface area contributed by atoms with E-state index in [-0.39, 0.29) is 23.5 Å². The van der Waals surface area contributed by atoms with Crippen LogP contribution in [-0.2, 0) is 0 Å². The van der Waals surface area contributed by atoms with Gasteiger partial charge in [0.15, 0.2) is 5.82 Å². The van der Waals surface area contributed by atoms with Crippen molar-refractivity contribution in [3.05, 3.63) is 24.0 Å². The molecule has 0 bridgehead atoms. The predicted molar refractivity (Wildman–Crippen MR) is 98.3 cm³/mol. The van der Waals surface area contributed by atoms with Gasteiger partial charge in [-0.2, -0.15) is 10.1 Å². The lowest BCUT2D eigenvalue weighted by molar-refractivity contribution is 0.0955. The molecule has 2 fully saturated rings. The molecule has 2 aromatic heterocycles. The first-order valence-corrected chi connectivity index (χ1v) is 9.20. The van der Waals surface area contributed by atoms with Crippen molar-refractivity contribution < 1.29 is 14.6 Å². The average molecular weight is 372 g/mol. The third-order valence-electron chi connectivity index (χ3n) is 5.64. The number of rotatable bonds is 6. The summed E-state index contributed by atoms with van der Waals surface area (Å²) in [5.74, 6) is 1.54. The van der Waals surface area contributed by atoms with Crippen molar-refractivity contribution in [3.8, 4) is 6.01 Å². The highest BCUT2D eigenvalue weighted by atomic mass is 16.5. The number of methoxy groups -OCH3 is 1. The number of nitrogens with zero attached hydrogens (tertiary/aromatic N) is 4. The van der Waals surface area contributed by atoms with Crippen LogP contribution in [0.2, 0.25) is 0 Å². The van der Waals surface area contributed by atoms with Gasteiger partial charge in [-0.3, -0.25) is 10.00 Å². The maximum atomic E-state index is 11.7. The molecule has 2 aliphatic rings. The Kier molecular flexibility index (Phi) is 4.37. The molecule has 0 aliphatic heterocycles. The van der Waals surface area contributed by atoms with E-state index in [1.165, 1.54) is 7.11 Å². The summed E-state index contributed by atoms with van der Waals surface area (Å²) in [5.41, 5.74) is 0.852. The van der Waals surface area contributed by atoms with Crippen LogP contribution in [-0.4, -0.2) is 55.0 Å². The van der Waals surface area contributed by atoms with Crippen LogP contribution in [0.1, 0.15) is 50.6 Å². The normalized spacial score (nSPS) is 23.0. The molecular formula is C18H24N6O3. The molecule has 3 N–H and O–H groups in total. The fourth-order valence-electron chi connectivity index (χ4n) is 3.97. The first-order chi connectivity index (χ1) is 13.0. The molecule has 9 heteroatoms. The van der Waals surface area contributed by atoms with Crippen LogP contribution in [0.25, 0.3) is 0 Å². The average Bonchev–Trinajstić information content (AvgIpc) is 3.03. The number of nitrogens with one attached hydrogen (secondary N) is 2. The highest BCUT2D eigenvalue weighted by Crippen LogP contribution is 2.47. The summed E-state index contributed by atoms with van der Waals surface area (Å²) in [6.45, 7) is 2.04. The molecule has 2 aliphatic carbocycles. The Morgan fingerprint density at radius 2 is 2.22 bits per heavy atom. The molecule has 144 valence electrons. The first-order valence-electron chi connectivity index (χ1n) is 9.20. The summed E-state index contributed by atoms with van der Waals surface area (Å²) >= 11 is 0. The van der Waals surface area contributed by atoms with Gasteiger partial charge in [0.2, 0.25) is 0 Å². The minimum absolute atomic E-state index is 0.0748. The predicted octanol–water partition coefficient (Wildman–Crippen LogP) is 3.12. The lowest BCUT2D eigenvalue weighted by Gasteiger charge is -2.32. The van der Waals surface area contributed by atoms with Gasteiger partial charge in [0.1, 0.15) is 5.82 Å². The van der Waals surface area contributed by atoms with E-state index in [1.807, 2.05) is 13.0 Å². The largest absolute Gasteiger partial charge is 0.467 e. The van der Waals surface area contributed by atoms with Crippen molar-refractivity contribution in [1.82, 2.24) is 25.1 Å². The molecule has 2 aromatic rings. The Balaban J connectivity index is 1.42. The Labute approximate surface area is 157 Å². The molecule has 2 atom stereocenters. The van der Waals surface area contributed by atoms with Crippen LogP contribution in [0.4, 0.5) is 16.4 Å². The SMILES string of the molecule is COc1nccc(Nc2cc([C@@H]3CC[C@H](N(C(=O)O)C4(C)CC4)C3)[nH]n2)n1. The Bertz CT molecular complexity index is 834. The molecule has 0 aromatic carbocycles. The zero-order valence-corrected chi connectivity index (χ0v) is 15.5. The highest BCUT2D eigenvalue weighted by molar-refractivity contribution is 5.67. The van der Waals surface area contributed by atoms with Gasteiger partial charge >= 0.3 is 12.1 Å². The second-order valence-corrected chi connectivity index (χ2v) is 7.58. The molecule has 2 saturated carbocycles. The standard InChI is InChI=1S/C18H24N6O3/c1-18(6-7-18)24(17(25)26)12-4-3-11(9-12)13-10-15(23-22-13)20-14-5-8-19-16(21-14)27-2/h5,8,10-12H,3-4,6-7,9H2,1-2H3,(H,25,26)(H2,19,20,21,22,23)/t11-,12+/m1/s1. The number of H-pyrrole nitrogens is 1. The topological polar surface area (TPSA) is 116 Å². The smallest absolute Gasteiger partial charge is 0.408 e. The first kappa shape index (κ1) is 17.6. The maximum absolute atomic E-state index is 11.7. The van der Waals surface area contributed by atoms with Gasteiger partial charge in [0.05, 0.1) is 7.11 Å². The van der Waals surface area contributed by atoms with Crippen molar-refractivity contribution in [1.29, 1.82) is 0 Å². The van der Waals surface area contributed by atoms with Gasteiger partial charge in [0.25, 0.3) is 0 Å². The molecule has 4 rings (SSSR count). The van der Waals surface area contributed by atoms with Crippen LogP contribution < -0.4 is 10.1 Å². The van der Waals surface area contributed by atoms with Crippen molar-refractivity contribution in [3.63, 3.8) is 0 Å². The van der Waals surface area contributed by atoms with E-state index in [0.717, 1.165) is 37.8 Å². The molecule has 2 heterocycles. The lowest BCUT2D eigenvalue weighted by atomic mass is 10.0. The van der Waals surface area contributed by atoms with E-state index < -0.39 is 6.09 Å². The van der Waals surface area contributed by atoms with Crippen LogP contribution in [0.15, 0.2) is 18.3 Å². The summed E-state index contributed by atoms with van der Waals surface area (Å²) in [6, 6.07) is 4.07. The highest BCUT2D eigenvalue weighted by Gasteiger charge is 2.50. The third kappa shape index (κ3) is 3.54. The molecule has 0 spiro atoms. The summed E-state index contributed by atoms with van der Waals surface area (Å²) in [5, 5.41) is 20.2. The summed E-state index contributed by atoms with van der Waals surface area (Å²) in [6.07, 6.45) is 5.39. The number of aromatic amines is 1. The van der Waals surface area contributed by atoms with Crippen LogP contribution in [0, 0.1) is 0 Å². The van der Waals surface area contributed by atoms with E-state index >= 15 is 0 Å². The number of carboxylic acid groups (broad SMARTS) is 1. The number of ether oxygens (including phenoxy) is 1. The van der Waals surface area contributed by atoms with Gasteiger partial charge < -0.3 is 15.2 Å². The van der Waals surface area contributed by atoms with Crippen molar-refractivity contribution in [2.45, 2.75) is 56.5 Å². The van der Waals surface area contributed by atoms with Crippen molar-refractivity contribution >= 4 is 17.7 Å². The van der Waals surface area contributed by atoms with Gasteiger partial charge in [-0.15, -0.1) is 0 Å². The Morgan fingerprint density at radius 3 is 2.93 bits per heavy atom. The van der Waals surface area contributed by atoms with Crippen molar-refractivity contribution in [2.24, 2.45) is 0 Å². The minimum atomic E-state index is -0.801.